The SMILES string of the molecule is NS(=O)(=O)c1cc2c(cc1Cl)CNC2. The number of benzene rings is 1. The van der Waals surface area contributed by atoms with Crippen LogP contribution in [-0.2, 0) is 23.1 Å². The third-order valence-electron chi connectivity index (χ3n) is 2.19. The largest absolute Gasteiger partial charge is 0.309 e. The molecule has 0 bridgehead atoms. The molecule has 6 heteroatoms. The normalized spacial score (nSPS) is 15.6. The van der Waals surface area contributed by atoms with Crippen molar-refractivity contribution in [3.8, 4) is 0 Å². The number of nitrogens with one attached hydrogen (secondary N) is 1. The summed E-state index contributed by atoms with van der Waals surface area (Å²) in [7, 11) is -3.71. The van der Waals surface area contributed by atoms with Crippen molar-refractivity contribution in [3.63, 3.8) is 0 Å². The number of nitrogens with two attached hydrogens (primary N) is 1. The van der Waals surface area contributed by atoms with E-state index in [9.17, 15) is 8.42 Å². The van der Waals surface area contributed by atoms with E-state index in [2.05, 4.69) is 5.32 Å². The summed E-state index contributed by atoms with van der Waals surface area (Å²) in [6.45, 7) is 1.38. The smallest absolute Gasteiger partial charge is 0.239 e. The average Bonchev–Trinajstić information content (AvgIpc) is 2.47. The van der Waals surface area contributed by atoms with E-state index >= 15 is 0 Å². The van der Waals surface area contributed by atoms with Gasteiger partial charge in [0.25, 0.3) is 0 Å². The highest BCUT2D eigenvalue weighted by Gasteiger charge is 2.18. The van der Waals surface area contributed by atoms with Crippen LogP contribution in [0.2, 0.25) is 5.02 Å². The lowest BCUT2D eigenvalue weighted by molar-refractivity contribution is 0.597. The lowest BCUT2D eigenvalue weighted by atomic mass is 10.1. The van der Waals surface area contributed by atoms with Gasteiger partial charge in [0.15, 0.2) is 0 Å². The van der Waals surface area contributed by atoms with Gasteiger partial charge in [0, 0.05) is 13.1 Å². The molecule has 0 saturated carbocycles. The molecule has 1 aliphatic rings. The molecule has 0 fully saturated rings. The quantitative estimate of drug-likeness (QED) is 0.745. The third kappa shape index (κ3) is 1.64. The van der Waals surface area contributed by atoms with E-state index in [1.165, 1.54) is 6.07 Å². The molecule has 0 spiro atoms. The standard InChI is InChI=1S/C8H9ClN2O2S/c9-7-1-5-3-11-4-6(5)2-8(7)14(10,12)13/h1-2,11H,3-4H2,(H2,10,12,13). The van der Waals surface area contributed by atoms with Gasteiger partial charge in [-0.2, -0.15) is 0 Å². The summed E-state index contributed by atoms with van der Waals surface area (Å²) in [6.07, 6.45) is 0. The maximum Gasteiger partial charge on any atom is 0.239 e. The zero-order chi connectivity index (χ0) is 10.3. The van der Waals surface area contributed by atoms with Gasteiger partial charge in [-0.3, -0.25) is 0 Å². The first-order chi connectivity index (χ1) is 6.48. The van der Waals surface area contributed by atoms with Crippen LogP contribution < -0.4 is 10.5 Å². The molecular weight excluding hydrogens is 224 g/mol. The molecule has 0 amide bonds. The molecule has 3 N–H and O–H groups in total. The first-order valence-electron chi connectivity index (χ1n) is 4.03. The Kier molecular flexibility index (Phi) is 2.27. The van der Waals surface area contributed by atoms with Gasteiger partial charge in [-0.1, -0.05) is 11.6 Å². The third-order valence-corrected chi connectivity index (χ3v) is 3.57. The van der Waals surface area contributed by atoms with Crippen molar-refractivity contribution in [2.75, 3.05) is 0 Å². The second-order valence-electron chi connectivity index (χ2n) is 3.20. The van der Waals surface area contributed by atoms with Gasteiger partial charge in [-0.15, -0.1) is 0 Å². The molecule has 2 rings (SSSR count). The maximum absolute atomic E-state index is 11.1. The second kappa shape index (κ2) is 3.20. The fraction of sp³-hybridized carbons (Fsp3) is 0.250. The van der Waals surface area contributed by atoms with E-state index < -0.39 is 10.0 Å². The molecule has 1 heterocycles. The van der Waals surface area contributed by atoms with Crippen LogP contribution in [0.5, 0.6) is 0 Å². The van der Waals surface area contributed by atoms with Crippen molar-refractivity contribution in [2.45, 2.75) is 18.0 Å². The van der Waals surface area contributed by atoms with Gasteiger partial charge in [-0.05, 0) is 23.3 Å². The Morgan fingerprint density at radius 2 is 1.86 bits per heavy atom. The first-order valence-corrected chi connectivity index (χ1v) is 5.96. The summed E-state index contributed by atoms with van der Waals surface area (Å²) in [5, 5.41) is 8.31. The number of halogens is 1. The molecule has 1 aromatic rings. The van der Waals surface area contributed by atoms with Crippen molar-refractivity contribution in [2.24, 2.45) is 5.14 Å². The fourth-order valence-electron chi connectivity index (χ4n) is 1.52. The van der Waals surface area contributed by atoms with Gasteiger partial charge in [-0.25, -0.2) is 13.6 Å². The van der Waals surface area contributed by atoms with E-state index in [1.54, 1.807) is 6.07 Å². The topological polar surface area (TPSA) is 72.2 Å². The number of hydrogen-bond acceptors (Lipinski definition) is 3. The molecule has 0 aromatic heterocycles. The van der Waals surface area contributed by atoms with E-state index in [-0.39, 0.29) is 9.92 Å². The minimum Gasteiger partial charge on any atom is -0.309 e. The fourth-order valence-corrected chi connectivity index (χ4v) is 2.66. The molecule has 0 saturated heterocycles. The average molecular weight is 233 g/mol. The first kappa shape index (κ1) is 9.92. The van der Waals surface area contributed by atoms with Crippen LogP contribution in [0.25, 0.3) is 0 Å². The summed E-state index contributed by atoms with van der Waals surface area (Å²) in [5.41, 5.74) is 1.97. The van der Waals surface area contributed by atoms with Crippen LogP contribution in [0, 0.1) is 0 Å². The lowest BCUT2D eigenvalue weighted by Crippen LogP contribution is -2.13. The minimum atomic E-state index is -3.71. The predicted octanol–water partition coefficient (Wildman–Crippen LogP) is 0.591. The zero-order valence-electron chi connectivity index (χ0n) is 7.25. The Bertz CT molecular complexity index is 484. The summed E-state index contributed by atoms with van der Waals surface area (Å²) < 4.78 is 22.3. The molecule has 0 atom stereocenters. The summed E-state index contributed by atoms with van der Waals surface area (Å²) in [5.74, 6) is 0. The monoisotopic (exact) mass is 232 g/mol. The predicted molar refractivity (Wildman–Crippen MR) is 53.4 cm³/mol. The van der Waals surface area contributed by atoms with Crippen LogP contribution >= 0.6 is 11.6 Å². The van der Waals surface area contributed by atoms with Crippen molar-refractivity contribution in [1.29, 1.82) is 0 Å². The number of rotatable bonds is 1. The Hall–Kier alpha value is -0.620. The van der Waals surface area contributed by atoms with Crippen molar-refractivity contribution in [3.05, 3.63) is 28.3 Å². The molecule has 0 radical (unpaired) electrons. The van der Waals surface area contributed by atoms with E-state index in [0.29, 0.717) is 6.54 Å². The molecule has 0 aliphatic carbocycles. The van der Waals surface area contributed by atoms with Crippen LogP contribution in [0.1, 0.15) is 11.1 Å². The Balaban J connectivity index is 2.65. The van der Waals surface area contributed by atoms with Gasteiger partial charge >= 0.3 is 0 Å². The molecular formula is C8H9ClN2O2S. The number of primary sulfonamides is 1. The number of sulfonamides is 1. The Labute approximate surface area is 87.1 Å². The van der Waals surface area contributed by atoms with Crippen molar-refractivity contribution < 1.29 is 8.42 Å². The van der Waals surface area contributed by atoms with Crippen molar-refractivity contribution in [1.82, 2.24) is 5.32 Å². The molecule has 1 aromatic carbocycles. The Morgan fingerprint density at radius 1 is 1.29 bits per heavy atom. The van der Waals surface area contributed by atoms with Crippen LogP contribution in [-0.4, -0.2) is 8.42 Å². The molecule has 1 aliphatic heterocycles. The molecule has 4 nitrogen and oxygen atoms in total. The van der Waals surface area contributed by atoms with Crippen LogP contribution in [0.3, 0.4) is 0 Å². The lowest BCUT2D eigenvalue weighted by Gasteiger charge is -2.04. The molecule has 0 unspecified atom stereocenters. The Morgan fingerprint density at radius 3 is 2.43 bits per heavy atom. The van der Waals surface area contributed by atoms with Crippen LogP contribution in [0.4, 0.5) is 0 Å². The number of fused-ring (bicyclic) bond motifs is 1. The summed E-state index contributed by atoms with van der Waals surface area (Å²) in [6, 6.07) is 3.18. The summed E-state index contributed by atoms with van der Waals surface area (Å²) >= 11 is 5.81. The molecule has 14 heavy (non-hydrogen) atoms. The second-order valence-corrected chi connectivity index (χ2v) is 5.14. The highest BCUT2D eigenvalue weighted by Crippen LogP contribution is 2.27. The minimum absolute atomic E-state index is 0.00150. The summed E-state index contributed by atoms with van der Waals surface area (Å²) in [4.78, 5) is 0.00150. The zero-order valence-corrected chi connectivity index (χ0v) is 8.82. The van der Waals surface area contributed by atoms with Crippen LogP contribution in [0.15, 0.2) is 17.0 Å². The highest BCUT2D eigenvalue weighted by atomic mass is 35.5. The highest BCUT2D eigenvalue weighted by molar-refractivity contribution is 7.89. The van der Waals surface area contributed by atoms with Gasteiger partial charge < -0.3 is 5.32 Å². The number of hydrogen-bond donors (Lipinski definition) is 2. The molecule has 76 valence electrons. The van der Waals surface area contributed by atoms with Gasteiger partial charge in [0.2, 0.25) is 10.0 Å². The maximum atomic E-state index is 11.1. The van der Waals surface area contributed by atoms with Gasteiger partial charge in [0.05, 0.1) is 5.02 Å². The van der Waals surface area contributed by atoms with Crippen molar-refractivity contribution >= 4 is 21.6 Å². The van der Waals surface area contributed by atoms with E-state index in [1.807, 2.05) is 0 Å². The van der Waals surface area contributed by atoms with E-state index in [0.717, 1.165) is 17.7 Å². The van der Waals surface area contributed by atoms with E-state index in [4.69, 9.17) is 16.7 Å². The van der Waals surface area contributed by atoms with Gasteiger partial charge in [0.1, 0.15) is 4.90 Å².